The molecule has 3 aromatic heterocycles. The molecule has 0 radical (unpaired) electrons. The molecule has 0 N–H and O–H groups in total. The summed E-state index contributed by atoms with van der Waals surface area (Å²) in [5.41, 5.74) is 5.09. The average Bonchev–Trinajstić information content (AvgIpc) is 3.19. The number of thiophene rings is 1. The van der Waals surface area contributed by atoms with Gasteiger partial charge in [-0.25, -0.2) is 9.97 Å². The van der Waals surface area contributed by atoms with Crippen LogP contribution in [0, 0.1) is 13.8 Å². The highest BCUT2D eigenvalue weighted by Gasteiger charge is 2.26. The second-order valence-electron chi connectivity index (χ2n) is 8.21. The summed E-state index contributed by atoms with van der Waals surface area (Å²) in [5, 5.41) is 1.45. The SMILES string of the molecule is CCc1sc2nc(Cl)nc(N3CCN(c4ccccn4)CC3)c2c1-c1ccc(C)c(C)c1. The lowest BCUT2D eigenvalue weighted by molar-refractivity contribution is 0.643. The van der Waals surface area contributed by atoms with Crippen molar-refractivity contribution in [1.82, 2.24) is 15.0 Å². The van der Waals surface area contributed by atoms with Crippen LogP contribution in [0.5, 0.6) is 0 Å². The lowest BCUT2D eigenvalue weighted by atomic mass is 9.98. The maximum atomic E-state index is 6.40. The van der Waals surface area contributed by atoms with Gasteiger partial charge in [0.25, 0.3) is 0 Å². The predicted octanol–water partition coefficient (Wildman–Crippen LogP) is 5.91. The maximum absolute atomic E-state index is 6.40. The Balaban J connectivity index is 1.57. The number of nitrogens with zero attached hydrogens (tertiary/aromatic N) is 5. The van der Waals surface area contributed by atoms with Crippen molar-refractivity contribution in [2.75, 3.05) is 36.0 Å². The van der Waals surface area contributed by atoms with E-state index in [-0.39, 0.29) is 0 Å². The Morgan fingerprint density at radius 1 is 0.969 bits per heavy atom. The largest absolute Gasteiger partial charge is 0.353 e. The van der Waals surface area contributed by atoms with Crippen molar-refractivity contribution in [2.24, 2.45) is 0 Å². The summed E-state index contributed by atoms with van der Waals surface area (Å²) in [6, 6.07) is 12.8. The molecule has 0 saturated carbocycles. The van der Waals surface area contributed by atoms with E-state index in [1.54, 1.807) is 11.3 Å². The van der Waals surface area contributed by atoms with Crippen LogP contribution in [0.25, 0.3) is 21.3 Å². The molecule has 1 aliphatic rings. The lowest BCUT2D eigenvalue weighted by Crippen LogP contribution is -2.47. The van der Waals surface area contributed by atoms with Gasteiger partial charge in [0, 0.05) is 42.8 Å². The maximum Gasteiger partial charge on any atom is 0.225 e. The van der Waals surface area contributed by atoms with Crippen LogP contribution < -0.4 is 9.80 Å². The van der Waals surface area contributed by atoms with Gasteiger partial charge < -0.3 is 9.80 Å². The Morgan fingerprint density at radius 3 is 2.44 bits per heavy atom. The van der Waals surface area contributed by atoms with Crippen LogP contribution in [-0.2, 0) is 6.42 Å². The van der Waals surface area contributed by atoms with Gasteiger partial charge in [0.1, 0.15) is 16.5 Å². The quantitative estimate of drug-likeness (QED) is 0.352. The molecule has 5 nitrogen and oxygen atoms in total. The summed E-state index contributed by atoms with van der Waals surface area (Å²) in [4.78, 5) is 20.8. The van der Waals surface area contributed by atoms with Crippen molar-refractivity contribution in [3.8, 4) is 11.1 Å². The van der Waals surface area contributed by atoms with Gasteiger partial charge in [0.05, 0.1) is 5.39 Å². The molecule has 7 heteroatoms. The van der Waals surface area contributed by atoms with E-state index in [1.807, 2.05) is 18.3 Å². The minimum atomic E-state index is 0.315. The van der Waals surface area contributed by atoms with Gasteiger partial charge in [-0.2, -0.15) is 4.98 Å². The van der Waals surface area contributed by atoms with Gasteiger partial charge >= 0.3 is 0 Å². The molecule has 1 aromatic carbocycles. The first kappa shape index (κ1) is 21.2. The normalized spacial score (nSPS) is 14.4. The number of piperazine rings is 1. The van der Waals surface area contributed by atoms with Gasteiger partial charge in [-0.3, -0.25) is 0 Å². The average molecular weight is 464 g/mol. The van der Waals surface area contributed by atoms with Gasteiger partial charge in [0.2, 0.25) is 5.28 Å². The third-order valence-corrected chi connectivity index (χ3v) is 7.64. The minimum absolute atomic E-state index is 0.315. The van der Waals surface area contributed by atoms with Crippen LogP contribution in [0.2, 0.25) is 5.28 Å². The number of hydrogen-bond acceptors (Lipinski definition) is 6. The smallest absolute Gasteiger partial charge is 0.225 e. The first-order valence-electron chi connectivity index (χ1n) is 11.0. The Bertz CT molecular complexity index is 1260. The number of aryl methyl sites for hydroxylation is 3. The number of fused-ring (bicyclic) bond motifs is 1. The van der Waals surface area contributed by atoms with Crippen molar-refractivity contribution in [2.45, 2.75) is 27.2 Å². The van der Waals surface area contributed by atoms with Crippen LogP contribution >= 0.6 is 22.9 Å². The van der Waals surface area contributed by atoms with Crippen LogP contribution in [0.3, 0.4) is 0 Å². The fourth-order valence-corrected chi connectivity index (χ4v) is 5.71. The van der Waals surface area contributed by atoms with E-state index in [4.69, 9.17) is 16.6 Å². The first-order valence-corrected chi connectivity index (χ1v) is 12.2. The van der Waals surface area contributed by atoms with E-state index in [1.165, 1.54) is 27.1 Å². The van der Waals surface area contributed by atoms with Crippen molar-refractivity contribution < 1.29 is 0 Å². The molecule has 0 bridgehead atoms. The van der Waals surface area contributed by atoms with E-state index in [0.717, 1.165) is 54.5 Å². The van der Waals surface area contributed by atoms with Crippen molar-refractivity contribution in [1.29, 1.82) is 0 Å². The van der Waals surface area contributed by atoms with Crippen LogP contribution in [0.15, 0.2) is 42.6 Å². The van der Waals surface area contributed by atoms with E-state index in [0.29, 0.717) is 5.28 Å². The lowest BCUT2D eigenvalue weighted by Gasteiger charge is -2.36. The zero-order valence-electron chi connectivity index (χ0n) is 18.6. The molecular formula is C25H26ClN5S. The van der Waals surface area contributed by atoms with Crippen LogP contribution in [0.1, 0.15) is 22.9 Å². The zero-order chi connectivity index (χ0) is 22.2. The highest BCUT2D eigenvalue weighted by atomic mass is 35.5. The Kier molecular flexibility index (Phi) is 5.74. The topological polar surface area (TPSA) is 45.2 Å². The Morgan fingerprint density at radius 2 is 1.75 bits per heavy atom. The highest BCUT2D eigenvalue weighted by Crippen LogP contribution is 2.43. The van der Waals surface area contributed by atoms with Gasteiger partial charge in [-0.15, -0.1) is 11.3 Å². The van der Waals surface area contributed by atoms with Gasteiger partial charge in [-0.05, 0) is 60.7 Å². The molecule has 1 saturated heterocycles. The summed E-state index contributed by atoms with van der Waals surface area (Å²) in [7, 11) is 0. The second-order valence-corrected chi connectivity index (χ2v) is 9.63. The molecule has 0 aliphatic carbocycles. The minimum Gasteiger partial charge on any atom is -0.353 e. The molecule has 4 heterocycles. The summed E-state index contributed by atoms with van der Waals surface area (Å²) < 4.78 is 0. The molecule has 164 valence electrons. The van der Waals surface area contributed by atoms with E-state index >= 15 is 0 Å². The van der Waals surface area contributed by atoms with Gasteiger partial charge in [0.15, 0.2) is 0 Å². The third-order valence-electron chi connectivity index (χ3n) is 6.25. The van der Waals surface area contributed by atoms with Crippen molar-refractivity contribution >= 4 is 44.8 Å². The summed E-state index contributed by atoms with van der Waals surface area (Å²) in [6.45, 7) is 10.0. The van der Waals surface area contributed by atoms with Crippen LogP contribution in [0.4, 0.5) is 11.6 Å². The zero-order valence-corrected chi connectivity index (χ0v) is 20.2. The Hall–Kier alpha value is -2.70. The highest BCUT2D eigenvalue weighted by molar-refractivity contribution is 7.19. The monoisotopic (exact) mass is 463 g/mol. The molecule has 1 fully saturated rings. The molecule has 0 atom stereocenters. The summed E-state index contributed by atoms with van der Waals surface area (Å²) in [6.07, 6.45) is 2.80. The fraction of sp³-hybridized carbons (Fsp3) is 0.320. The van der Waals surface area contributed by atoms with Crippen molar-refractivity contribution in [3.63, 3.8) is 0 Å². The number of anilines is 2. The molecule has 1 aliphatic heterocycles. The molecular weight excluding hydrogens is 438 g/mol. The van der Waals surface area contributed by atoms with Gasteiger partial charge in [-0.1, -0.05) is 31.2 Å². The molecule has 0 spiro atoms. The fourth-order valence-electron chi connectivity index (χ4n) is 4.37. The number of halogens is 1. The number of aromatic nitrogens is 3. The first-order chi connectivity index (χ1) is 15.5. The molecule has 4 aromatic rings. The number of hydrogen-bond donors (Lipinski definition) is 0. The molecule has 0 unspecified atom stereocenters. The van der Waals surface area contributed by atoms with Crippen LogP contribution in [-0.4, -0.2) is 41.1 Å². The molecule has 0 amide bonds. The Labute approximate surface area is 197 Å². The van der Waals surface area contributed by atoms with E-state index in [9.17, 15) is 0 Å². The van der Waals surface area contributed by atoms with Crippen molar-refractivity contribution in [3.05, 3.63) is 63.9 Å². The molecule has 5 rings (SSSR count). The van der Waals surface area contributed by atoms with E-state index < -0.39 is 0 Å². The third kappa shape index (κ3) is 3.82. The second kappa shape index (κ2) is 8.68. The number of rotatable bonds is 4. The summed E-state index contributed by atoms with van der Waals surface area (Å²) in [5.74, 6) is 1.97. The van der Waals surface area contributed by atoms with E-state index in [2.05, 4.69) is 64.8 Å². The number of pyridine rings is 1. The number of benzene rings is 1. The predicted molar refractivity (Wildman–Crippen MR) is 135 cm³/mol. The molecule has 32 heavy (non-hydrogen) atoms. The summed E-state index contributed by atoms with van der Waals surface area (Å²) >= 11 is 8.14. The standard InChI is InChI=1S/C25H26ClN5S/c1-4-19-21(18-9-8-16(2)17(3)15-18)22-23(28-25(26)29-24(22)32-19)31-13-11-30(12-14-31)20-7-5-6-10-27-20/h5-10,15H,4,11-14H2,1-3H3.